The van der Waals surface area contributed by atoms with E-state index in [1.807, 2.05) is 48.5 Å². The number of carbonyl (C=O) groups is 3. The zero-order valence-corrected chi connectivity index (χ0v) is 26.5. The lowest BCUT2D eigenvalue weighted by Crippen LogP contribution is -2.30. The van der Waals surface area contributed by atoms with Crippen LogP contribution in [0.5, 0.6) is 11.5 Å². The maximum atomic E-state index is 13.6. The number of carbonyl (C=O) groups excluding carboxylic acids is 3. The van der Waals surface area contributed by atoms with Gasteiger partial charge in [-0.3, -0.25) is 19.4 Å². The third kappa shape index (κ3) is 9.09. The highest BCUT2D eigenvalue weighted by molar-refractivity contribution is 8.00. The number of hydrogen-bond acceptors (Lipinski definition) is 7. The molecule has 9 nitrogen and oxygen atoms in total. The number of pyridine rings is 1. The summed E-state index contributed by atoms with van der Waals surface area (Å²) in [7, 11) is 3.10. The van der Waals surface area contributed by atoms with Gasteiger partial charge in [0.25, 0.3) is 11.8 Å². The van der Waals surface area contributed by atoms with Gasteiger partial charge in [0, 0.05) is 52.4 Å². The Bertz CT molecular complexity index is 1830. The molecule has 1 heterocycles. The van der Waals surface area contributed by atoms with Crippen molar-refractivity contribution >= 4 is 46.9 Å². The van der Waals surface area contributed by atoms with Crippen LogP contribution in [0.25, 0.3) is 6.08 Å². The van der Waals surface area contributed by atoms with Gasteiger partial charge in [0.05, 0.1) is 14.2 Å². The number of aromatic nitrogens is 1. The first-order chi connectivity index (χ1) is 22.9. The van der Waals surface area contributed by atoms with Gasteiger partial charge in [-0.05, 0) is 59.7 Å². The number of hydrogen-bond donors (Lipinski definition) is 3. The van der Waals surface area contributed by atoms with Crippen molar-refractivity contribution in [2.24, 2.45) is 0 Å². The van der Waals surface area contributed by atoms with Crippen LogP contribution in [0.1, 0.15) is 26.7 Å². The van der Waals surface area contributed by atoms with E-state index in [0.717, 1.165) is 10.5 Å². The zero-order chi connectivity index (χ0) is 33.0. The van der Waals surface area contributed by atoms with Gasteiger partial charge in [0.2, 0.25) is 5.91 Å². The smallest absolute Gasteiger partial charge is 0.272 e. The van der Waals surface area contributed by atoms with Crippen molar-refractivity contribution < 1.29 is 23.9 Å². The summed E-state index contributed by atoms with van der Waals surface area (Å²) >= 11 is 1.37. The van der Waals surface area contributed by atoms with E-state index in [1.54, 1.807) is 99.4 Å². The SMILES string of the molecule is COc1cc(NC(=O)C(Sc2ccc(NC(=O)/C(=C/c3cccnc3)NC(=O)c3ccccc3)cc2)c2ccccc2)cc(OC)c1. The van der Waals surface area contributed by atoms with Crippen molar-refractivity contribution in [2.75, 3.05) is 24.9 Å². The molecule has 5 aromatic rings. The van der Waals surface area contributed by atoms with Crippen LogP contribution in [0.2, 0.25) is 0 Å². The quantitative estimate of drug-likeness (QED) is 0.0991. The molecule has 0 saturated carbocycles. The largest absolute Gasteiger partial charge is 0.497 e. The maximum Gasteiger partial charge on any atom is 0.272 e. The Morgan fingerprint density at radius 2 is 1.40 bits per heavy atom. The van der Waals surface area contributed by atoms with Crippen LogP contribution >= 0.6 is 11.8 Å². The minimum atomic E-state index is -0.587. The van der Waals surface area contributed by atoms with Gasteiger partial charge in [-0.15, -0.1) is 11.8 Å². The number of thioether (sulfide) groups is 1. The molecule has 0 bridgehead atoms. The molecular weight excluding hydrogens is 612 g/mol. The van der Waals surface area contributed by atoms with E-state index in [2.05, 4.69) is 20.9 Å². The van der Waals surface area contributed by atoms with Crippen molar-refractivity contribution in [2.45, 2.75) is 10.1 Å². The minimum absolute atomic E-state index is 0.0558. The summed E-state index contributed by atoms with van der Waals surface area (Å²) in [5, 5.41) is 7.97. The first kappa shape index (κ1) is 32.5. The van der Waals surface area contributed by atoms with Crippen LogP contribution in [-0.2, 0) is 9.59 Å². The zero-order valence-electron chi connectivity index (χ0n) is 25.7. The average Bonchev–Trinajstić information content (AvgIpc) is 3.11. The molecule has 10 heteroatoms. The van der Waals surface area contributed by atoms with Gasteiger partial charge in [0.15, 0.2) is 0 Å². The molecule has 1 aromatic heterocycles. The van der Waals surface area contributed by atoms with Crippen molar-refractivity contribution in [3.63, 3.8) is 0 Å². The predicted molar refractivity (Wildman–Crippen MR) is 184 cm³/mol. The lowest BCUT2D eigenvalue weighted by Gasteiger charge is -2.18. The van der Waals surface area contributed by atoms with Crippen LogP contribution in [0.4, 0.5) is 11.4 Å². The number of amides is 3. The normalized spacial score (nSPS) is 11.6. The van der Waals surface area contributed by atoms with Gasteiger partial charge in [-0.25, -0.2) is 0 Å². The average molecular weight is 645 g/mol. The number of methoxy groups -OCH3 is 2. The molecule has 0 fully saturated rings. The molecule has 3 amide bonds. The first-order valence-electron chi connectivity index (χ1n) is 14.6. The molecular formula is C37H32N4O5S. The Morgan fingerprint density at radius 1 is 0.745 bits per heavy atom. The Kier molecular flexibility index (Phi) is 11.0. The molecule has 0 spiro atoms. The van der Waals surface area contributed by atoms with E-state index in [-0.39, 0.29) is 11.6 Å². The maximum absolute atomic E-state index is 13.6. The van der Waals surface area contributed by atoms with Crippen LogP contribution in [0.15, 0.2) is 138 Å². The standard InChI is InChI=1S/C37H32N4O5S/c1-45-30-21-29(22-31(23-30)46-2)40-37(44)34(26-11-5-3-6-12-26)47-32-17-15-28(16-18-32)39-36(43)33(20-25-10-9-19-38-24-25)41-35(42)27-13-7-4-8-14-27/h3-24,34H,1-2H3,(H,39,43)(H,40,44)(H,41,42)/b33-20-. The van der Waals surface area contributed by atoms with E-state index in [9.17, 15) is 14.4 Å². The molecule has 0 aliphatic rings. The molecule has 5 rings (SSSR count). The molecule has 0 aliphatic carbocycles. The Morgan fingerprint density at radius 3 is 2.02 bits per heavy atom. The number of rotatable bonds is 12. The van der Waals surface area contributed by atoms with Crippen LogP contribution in [-0.4, -0.2) is 36.9 Å². The molecule has 0 radical (unpaired) electrons. The molecule has 47 heavy (non-hydrogen) atoms. The Labute approximate surface area is 277 Å². The molecule has 0 saturated heterocycles. The fraction of sp³-hybridized carbons (Fsp3) is 0.0811. The molecule has 3 N–H and O–H groups in total. The summed E-state index contributed by atoms with van der Waals surface area (Å²) in [6.07, 6.45) is 4.79. The van der Waals surface area contributed by atoms with Gasteiger partial charge in [0.1, 0.15) is 22.4 Å². The molecule has 1 unspecified atom stereocenters. The number of ether oxygens (including phenoxy) is 2. The summed E-state index contributed by atoms with van der Waals surface area (Å²) in [6, 6.07) is 34.0. The second-order valence-corrected chi connectivity index (χ2v) is 11.3. The second kappa shape index (κ2) is 15.9. The summed E-state index contributed by atoms with van der Waals surface area (Å²) in [5.74, 6) is -0.0409. The number of nitrogens with zero attached hydrogens (tertiary/aromatic N) is 1. The van der Waals surface area contributed by atoms with Gasteiger partial charge < -0.3 is 25.4 Å². The fourth-order valence-corrected chi connectivity index (χ4v) is 5.53. The summed E-state index contributed by atoms with van der Waals surface area (Å²) in [5.41, 5.74) is 2.99. The Hall–Kier alpha value is -5.87. The summed E-state index contributed by atoms with van der Waals surface area (Å²) in [6.45, 7) is 0. The highest BCUT2D eigenvalue weighted by Crippen LogP contribution is 2.37. The van der Waals surface area contributed by atoms with E-state index in [1.165, 1.54) is 11.8 Å². The highest BCUT2D eigenvalue weighted by Gasteiger charge is 2.23. The van der Waals surface area contributed by atoms with Crippen LogP contribution in [0.3, 0.4) is 0 Å². The van der Waals surface area contributed by atoms with Crippen LogP contribution in [0, 0.1) is 0 Å². The van der Waals surface area contributed by atoms with E-state index in [4.69, 9.17) is 9.47 Å². The highest BCUT2D eigenvalue weighted by atomic mass is 32.2. The second-order valence-electron chi connectivity index (χ2n) is 10.1. The Balaban J connectivity index is 1.32. The third-order valence-electron chi connectivity index (χ3n) is 6.85. The molecule has 0 aliphatic heterocycles. The van der Waals surface area contributed by atoms with Crippen molar-refractivity contribution in [3.8, 4) is 11.5 Å². The van der Waals surface area contributed by atoms with E-state index < -0.39 is 17.1 Å². The number of benzene rings is 4. The molecule has 1 atom stereocenters. The lowest BCUT2D eigenvalue weighted by molar-refractivity contribution is -0.116. The minimum Gasteiger partial charge on any atom is -0.497 e. The summed E-state index contributed by atoms with van der Waals surface area (Å²) in [4.78, 5) is 44.8. The van der Waals surface area contributed by atoms with Crippen molar-refractivity contribution in [1.29, 1.82) is 0 Å². The first-order valence-corrected chi connectivity index (χ1v) is 15.4. The molecule has 236 valence electrons. The molecule has 4 aromatic carbocycles. The van der Waals surface area contributed by atoms with Gasteiger partial charge >= 0.3 is 0 Å². The summed E-state index contributed by atoms with van der Waals surface area (Å²) < 4.78 is 10.7. The lowest BCUT2D eigenvalue weighted by atomic mass is 10.1. The predicted octanol–water partition coefficient (Wildman–Crippen LogP) is 6.98. The fourth-order valence-electron chi connectivity index (χ4n) is 4.51. The topological polar surface area (TPSA) is 119 Å². The van der Waals surface area contributed by atoms with E-state index in [0.29, 0.717) is 34.0 Å². The number of nitrogens with one attached hydrogen (secondary N) is 3. The van der Waals surface area contributed by atoms with Gasteiger partial charge in [-0.1, -0.05) is 54.6 Å². The van der Waals surface area contributed by atoms with Crippen molar-refractivity contribution in [1.82, 2.24) is 10.3 Å². The van der Waals surface area contributed by atoms with Gasteiger partial charge in [-0.2, -0.15) is 0 Å². The van der Waals surface area contributed by atoms with Crippen LogP contribution < -0.4 is 25.4 Å². The van der Waals surface area contributed by atoms with Crippen molar-refractivity contribution in [3.05, 3.63) is 150 Å². The number of anilines is 2. The monoisotopic (exact) mass is 644 g/mol. The van der Waals surface area contributed by atoms with E-state index >= 15 is 0 Å². The third-order valence-corrected chi connectivity index (χ3v) is 8.12.